The molecule has 4 rings (SSSR count). The van der Waals surface area contributed by atoms with Crippen molar-refractivity contribution in [1.29, 1.82) is 0 Å². The second-order valence-electron chi connectivity index (χ2n) is 5.10. The van der Waals surface area contributed by atoms with Crippen LogP contribution in [-0.4, -0.2) is 30.5 Å². The Morgan fingerprint density at radius 2 is 2.16 bits per heavy atom. The van der Waals surface area contributed by atoms with E-state index in [1.165, 1.54) is 35.2 Å². The predicted molar refractivity (Wildman–Crippen MR) is 98.0 cm³/mol. The highest BCUT2D eigenvalue weighted by atomic mass is 32.2. The molecule has 1 aromatic carbocycles. The van der Waals surface area contributed by atoms with Crippen LogP contribution < -0.4 is 0 Å². The Balaban J connectivity index is 1.97. The molecule has 7 nitrogen and oxygen atoms in total. The molecule has 25 heavy (non-hydrogen) atoms. The first kappa shape index (κ1) is 15.7. The van der Waals surface area contributed by atoms with Crippen molar-refractivity contribution in [2.24, 2.45) is 0 Å². The number of aromatic nitrogens is 4. The van der Waals surface area contributed by atoms with Gasteiger partial charge in [0.25, 0.3) is 5.69 Å². The third-order valence-electron chi connectivity index (χ3n) is 3.65. The highest BCUT2D eigenvalue weighted by Gasteiger charge is 2.19. The van der Waals surface area contributed by atoms with Crippen molar-refractivity contribution in [1.82, 2.24) is 19.4 Å². The summed E-state index contributed by atoms with van der Waals surface area (Å²) in [6, 6.07) is 8.31. The number of nitro benzene ring substituents is 1. The van der Waals surface area contributed by atoms with Gasteiger partial charge in [0, 0.05) is 35.5 Å². The first-order chi connectivity index (χ1) is 12.2. The van der Waals surface area contributed by atoms with Crippen molar-refractivity contribution in [2.75, 3.05) is 6.26 Å². The Hall–Kier alpha value is -2.78. The molecule has 0 aliphatic rings. The van der Waals surface area contributed by atoms with Gasteiger partial charge in [0.05, 0.1) is 10.6 Å². The first-order valence-electron chi connectivity index (χ1n) is 7.25. The van der Waals surface area contributed by atoms with E-state index in [1.54, 1.807) is 12.3 Å². The third-order valence-corrected chi connectivity index (χ3v) is 4.97. The molecule has 0 aliphatic heterocycles. The molecular weight excluding hydrogens is 358 g/mol. The lowest BCUT2D eigenvalue weighted by Crippen LogP contribution is -1.94. The molecule has 124 valence electrons. The van der Waals surface area contributed by atoms with Gasteiger partial charge in [-0.15, -0.1) is 11.3 Å². The SMILES string of the molecule is CSc1nccc(-c2c(-c3cccc([N+](=O)[O-])c3)nc3sccn23)n1. The molecule has 0 saturated heterocycles. The second kappa shape index (κ2) is 6.26. The van der Waals surface area contributed by atoms with Crippen LogP contribution in [0.2, 0.25) is 0 Å². The number of hydrogen-bond donors (Lipinski definition) is 0. The zero-order chi connectivity index (χ0) is 17.4. The highest BCUT2D eigenvalue weighted by Crippen LogP contribution is 2.34. The molecular formula is C16H11N5O2S2. The van der Waals surface area contributed by atoms with Gasteiger partial charge in [-0.05, 0) is 12.3 Å². The summed E-state index contributed by atoms with van der Waals surface area (Å²) in [5.74, 6) is 0. The Bertz CT molecular complexity index is 1090. The fourth-order valence-electron chi connectivity index (χ4n) is 2.57. The third kappa shape index (κ3) is 2.77. The molecule has 0 N–H and O–H groups in total. The van der Waals surface area contributed by atoms with E-state index in [9.17, 15) is 10.1 Å². The molecule has 0 amide bonds. The number of nitro groups is 1. The van der Waals surface area contributed by atoms with Crippen LogP contribution in [-0.2, 0) is 0 Å². The minimum absolute atomic E-state index is 0.0345. The summed E-state index contributed by atoms with van der Waals surface area (Å²) in [6.45, 7) is 0. The van der Waals surface area contributed by atoms with Gasteiger partial charge in [0.15, 0.2) is 10.1 Å². The molecule has 0 bridgehead atoms. The van der Waals surface area contributed by atoms with Crippen molar-refractivity contribution < 1.29 is 4.92 Å². The summed E-state index contributed by atoms with van der Waals surface area (Å²) in [5, 5.41) is 13.7. The van der Waals surface area contributed by atoms with Gasteiger partial charge in [-0.2, -0.15) is 0 Å². The molecule has 0 fully saturated rings. The molecule has 0 spiro atoms. The number of benzene rings is 1. The number of thiazole rings is 1. The Kier molecular flexibility index (Phi) is 3.94. The van der Waals surface area contributed by atoms with Crippen molar-refractivity contribution in [2.45, 2.75) is 5.16 Å². The fraction of sp³-hybridized carbons (Fsp3) is 0.0625. The van der Waals surface area contributed by atoms with Crippen molar-refractivity contribution in [3.05, 3.63) is 58.2 Å². The number of rotatable bonds is 4. The maximum atomic E-state index is 11.1. The van der Waals surface area contributed by atoms with Crippen molar-refractivity contribution in [3.63, 3.8) is 0 Å². The van der Waals surface area contributed by atoms with Gasteiger partial charge in [-0.25, -0.2) is 15.0 Å². The van der Waals surface area contributed by atoms with Gasteiger partial charge in [-0.3, -0.25) is 14.5 Å². The van der Waals surface area contributed by atoms with Crippen LogP contribution in [0.3, 0.4) is 0 Å². The van der Waals surface area contributed by atoms with Crippen molar-refractivity contribution >= 4 is 33.7 Å². The molecule has 0 unspecified atom stereocenters. The van der Waals surface area contributed by atoms with Crippen LogP contribution >= 0.6 is 23.1 Å². The lowest BCUT2D eigenvalue weighted by atomic mass is 10.1. The zero-order valence-corrected chi connectivity index (χ0v) is 14.6. The molecule has 3 heterocycles. The molecule has 3 aromatic heterocycles. The largest absolute Gasteiger partial charge is 0.288 e. The van der Waals surface area contributed by atoms with Crippen LogP contribution in [0.4, 0.5) is 5.69 Å². The molecule has 0 radical (unpaired) electrons. The topological polar surface area (TPSA) is 86.2 Å². The zero-order valence-electron chi connectivity index (χ0n) is 13.0. The summed E-state index contributed by atoms with van der Waals surface area (Å²) in [7, 11) is 0. The van der Waals surface area contributed by atoms with Gasteiger partial charge in [0.1, 0.15) is 11.4 Å². The van der Waals surface area contributed by atoms with Gasteiger partial charge in [-0.1, -0.05) is 23.9 Å². The van der Waals surface area contributed by atoms with E-state index in [2.05, 4.69) is 15.0 Å². The van der Waals surface area contributed by atoms with Gasteiger partial charge in [0.2, 0.25) is 0 Å². The van der Waals surface area contributed by atoms with Crippen LogP contribution in [0.1, 0.15) is 0 Å². The van der Waals surface area contributed by atoms with E-state index in [1.807, 2.05) is 34.4 Å². The minimum atomic E-state index is -0.405. The molecule has 4 aromatic rings. The molecule has 0 aliphatic carbocycles. The fourth-order valence-corrected chi connectivity index (χ4v) is 3.64. The van der Waals surface area contributed by atoms with Crippen LogP contribution in [0.25, 0.3) is 27.6 Å². The number of thioether (sulfide) groups is 1. The monoisotopic (exact) mass is 369 g/mol. The number of imidazole rings is 1. The Morgan fingerprint density at radius 3 is 2.96 bits per heavy atom. The first-order valence-corrected chi connectivity index (χ1v) is 9.35. The molecule has 0 saturated carbocycles. The second-order valence-corrected chi connectivity index (χ2v) is 6.75. The summed E-state index contributed by atoms with van der Waals surface area (Å²) < 4.78 is 1.95. The molecule has 9 heteroatoms. The van der Waals surface area contributed by atoms with E-state index in [4.69, 9.17) is 0 Å². The summed E-state index contributed by atoms with van der Waals surface area (Å²) >= 11 is 2.96. The smallest absolute Gasteiger partial charge is 0.270 e. The standard InChI is InChI=1S/C16H11N5O2S2/c1-24-15-17-6-5-12(18-15)14-13(19-16-20(14)7-8-25-16)10-3-2-4-11(9-10)21(22)23/h2-9H,1H3. The van der Waals surface area contributed by atoms with Crippen LogP contribution in [0, 0.1) is 10.1 Å². The average Bonchev–Trinajstić information content (AvgIpc) is 3.22. The number of nitrogens with zero attached hydrogens (tertiary/aromatic N) is 5. The van der Waals surface area contributed by atoms with Gasteiger partial charge < -0.3 is 0 Å². The number of fused-ring (bicyclic) bond motifs is 1. The summed E-state index contributed by atoms with van der Waals surface area (Å²) in [4.78, 5) is 25.0. The maximum absolute atomic E-state index is 11.1. The summed E-state index contributed by atoms with van der Waals surface area (Å²) in [5.41, 5.74) is 2.92. The lowest BCUT2D eigenvalue weighted by Gasteiger charge is -2.05. The minimum Gasteiger partial charge on any atom is -0.288 e. The van der Waals surface area contributed by atoms with Gasteiger partial charge >= 0.3 is 0 Å². The Morgan fingerprint density at radius 1 is 1.28 bits per heavy atom. The van der Waals surface area contributed by atoms with E-state index in [-0.39, 0.29) is 5.69 Å². The lowest BCUT2D eigenvalue weighted by molar-refractivity contribution is -0.384. The quantitative estimate of drug-likeness (QED) is 0.232. The summed E-state index contributed by atoms with van der Waals surface area (Å²) in [6.07, 6.45) is 5.54. The normalized spacial score (nSPS) is 11.1. The highest BCUT2D eigenvalue weighted by molar-refractivity contribution is 7.98. The average molecular weight is 369 g/mol. The van der Waals surface area contributed by atoms with Crippen LogP contribution in [0.15, 0.2) is 53.3 Å². The Labute approximate surface area is 150 Å². The van der Waals surface area contributed by atoms with Crippen molar-refractivity contribution in [3.8, 4) is 22.6 Å². The van der Waals surface area contributed by atoms with E-state index < -0.39 is 4.92 Å². The number of hydrogen-bond acceptors (Lipinski definition) is 7. The maximum Gasteiger partial charge on any atom is 0.270 e. The number of non-ortho nitro benzene ring substituents is 1. The van der Waals surface area contributed by atoms with E-state index in [0.717, 1.165) is 16.3 Å². The van der Waals surface area contributed by atoms with E-state index >= 15 is 0 Å². The van der Waals surface area contributed by atoms with Crippen LogP contribution in [0.5, 0.6) is 0 Å². The predicted octanol–water partition coefficient (Wildman–Crippen LogP) is 4.15. The van der Waals surface area contributed by atoms with E-state index in [0.29, 0.717) is 16.4 Å². The molecule has 0 atom stereocenters.